The predicted octanol–water partition coefficient (Wildman–Crippen LogP) is 2.61. The van der Waals surface area contributed by atoms with E-state index in [1.54, 1.807) is 0 Å². The van der Waals surface area contributed by atoms with Gasteiger partial charge in [0.1, 0.15) is 11.8 Å². The molecule has 0 unspecified atom stereocenters. The van der Waals surface area contributed by atoms with Crippen LogP contribution >= 0.6 is 22.6 Å². The zero-order chi connectivity index (χ0) is 13.7. The van der Waals surface area contributed by atoms with E-state index in [1.165, 1.54) is 0 Å². The van der Waals surface area contributed by atoms with Crippen LogP contribution in [-0.2, 0) is 4.79 Å². The molecule has 1 heterocycles. The van der Waals surface area contributed by atoms with Gasteiger partial charge in [-0.25, -0.2) is 0 Å². The molecule has 1 atom stereocenters. The Morgan fingerprint density at radius 1 is 1.53 bits per heavy atom. The molecule has 104 valence electrons. The van der Waals surface area contributed by atoms with Crippen molar-refractivity contribution >= 4 is 28.6 Å². The topological polar surface area (TPSA) is 49.8 Å². The zero-order valence-corrected chi connectivity index (χ0v) is 12.9. The number of aliphatic carboxylic acids is 1. The van der Waals surface area contributed by atoms with Crippen molar-refractivity contribution in [1.82, 2.24) is 4.90 Å². The highest BCUT2D eigenvalue weighted by Gasteiger charge is 2.29. The van der Waals surface area contributed by atoms with Gasteiger partial charge in [-0.3, -0.25) is 9.69 Å². The van der Waals surface area contributed by atoms with E-state index in [2.05, 4.69) is 22.6 Å². The molecule has 1 aromatic rings. The number of benzene rings is 1. The molecule has 1 saturated heterocycles. The van der Waals surface area contributed by atoms with Crippen LogP contribution in [0.1, 0.15) is 19.3 Å². The summed E-state index contributed by atoms with van der Waals surface area (Å²) >= 11 is 2.25. The van der Waals surface area contributed by atoms with Gasteiger partial charge in [-0.2, -0.15) is 0 Å². The summed E-state index contributed by atoms with van der Waals surface area (Å²) in [4.78, 5) is 13.1. The number of ether oxygens (including phenoxy) is 1. The fourth-order valence-corrected chi connectivity index (χ4v) is 2.90. The monoisotopic (exact) mass is 375 g/mol. The Balaban J connectivity index is 1.71. The Hall–Kier alpha value is -0.820. The highest BCUT2D eigenvalue weighted by Crippen LogP contribution is 2.18. The summed E-state index contributed by atoms with van der Waals surface area (Å²) in [7, 11) is 0. The second-order valence-electron chi connectivity index (χ2n) is 4.69. The van der Waals surface area contributed by atoms with Gasteiger partial charge in [-0.05, 0) is 66.6 Å². The van der Waals surface area contributed by atoms with E-state index < -0.39 is 5.97 Å². The maximum absolute atomic E-state index is 11.0. The Labute approximate surface area is 126 Å². The van der Waals surface area contributed by atoms with E-state index in [4.69, 9.17) is 9.84 Å². The van der Waals surface area contributed by atoms with Crippen molar-refractivity contribution in [1.29, 1.82) is 0 Å². The molecule has 0 aromatic heterocycles. The van der Waals surface area contributed by atoms with Crippen LogP contribution < -0.4 is 4.74 Å². The van der Waals surface area contributed by atoms with Crippen molar-refractivity contribution in [3.05, 3.63) is 27.8 Å². The van der Waals surface area contributed by atoms with Gasteiger partial charge in [0, 0.05) is 10.1 Å². The van der Waals surface area contributed by atoms with E-state index >= 15 is 0 Å². The van der Waals surface area contributed by atoms with E-state index in [9.17, 15) is 4.79 Å². The minimum absolute atomic E-state index is 0.294. The molecule has 0 bridgehead atoms. The lowest BCUT2D eigenvalue weighted by Gasteiger charge is -2.20. The summed E-state index contributed by atoms with van der Waals surface area (Å²) in [6.45, 7) is 2.31. The Morgan fingerprint density at radius 3 is 3.11 bits per heavy atom. The summed E-state index contributed by atoms with van der Waals surface area (Å²) in [5.74, 6) is 0.180. The molecule has 1 fully saturated rings. The number of nitrogens with zero attached hydrogens (tertiary/aromatic N) is 1. The van der Waals surface area contributed by atoms with Gasteiger partial charge >= 0.3 is 5.97 Å². The van der Waals surface area contributed by atoms with Crippen LogP contribution in [0.3, 0.4) is 0 Å². The zero-order valence-electron chi connectivity index (χ0n) is 10.7. The van der Waals surface area contributed by atoms with Gasteiger partial charge in [0.2, 0.25) is 0 Å². The average Bonchev–Trinajstić information content (AvgIpc) is 2.83. The van der Waals surface area contributed by atoms with Crippen LogP contribution in [0.2, 0.25) is 0 Å². The molecule has 0 amide bonds. The first-order valence-corrected chi connectivity index (χ1v) is 7.60. The smallest absolute Gasteiger partial charge is 0.320 e. The first-order chi connectivity index (χ1) is 9.16. The lowest BCUT2D eigenvalue weighted by Crippen LogP contribution is -2.36. The minimum Gasteiger partial charge on any atom is -0.494 e. The van der Waals surface area contributed by atoms with Crippen molar-refractivity contribution in [2.24, 2.45) is 0 Å². The summed E-state index contributed by atoms with van der Waals surface area (Å²) in [5, 5.41) is 9.07. The molecule has 19 heavy (non-hydrogen) atoms. The van der Waals surface area contributed by atoms with E-state index in [1.807, 2.05) is 29.2 Å². The van der Waals surface area contributed by atoms with Crippen LogP contribution in [-0.4, -0.2) is 41.7 Å². The third-order valence-corrected chi connectivity index (χ3v) is 3.97. The molecule has 0 saturated carbocycles. The van der Waals surface area contributed by atoms with Crippen molar-refractivity contribution < 1.29 is 14.6 Å². The number of likely N-dealkylation sites (tertiary alicyclic amines) is 1. The van der Waals surface area contributed by atoms with Gasteiger partial charge in [-0.15, -0.1) is 0 Å². The number of carboxylic acid groups (broad SMARTS) is 1. The SMILES string of the molecule is O=C(O)[C@H]1CCCN1CCCOc1cccc(I)c1. The molecule has 1 aromatic carbocycles. The predicted molar refractivity (Wildman–Crippen MR) is 81.5 cm³/mol. The van der Waals surface area contributed by atoms with Crippen LogP contribution in [0.15, 0.2) is 24.3 Å². The lowest BCUT2D eigenvalue weighted by molar-refractivity contribution is -0.142. The normalized spacial score (nSPS) is 19.5. The molecule has 0 radical (unpaired) electrons. The molecule has 0 aliphatic carbocycles. The molecule has 5 heteroatoms. The molecule has 1 aliphatic rings. The third-order valence-electron chi connectivity index (χ3n) is 3.30. The minimum atomic E-state index is -0.698. The molecule has 2 rings (SSSR count). The van der Waals surface area contributed by atoms with E-state index in [-0.39, 0.29) is 6.04 Å². The van der Waals surface area contributed by atoms with Crippen molar-refractivity contribution in [3.8, 4) is 5.75 Å². The Kier molecular flexibility index (Phi) is 5.45. The second-order valence-corrected chi connectivity index (χ2v) is 5.94. The summed E-state index contributed by atoms with van der Waals surface area (Å²) in [6, 6.07) is 7.64. The molecule has 0 spiro atoms. The molecule has 1 N–H and O–H groups in total. The summed E-state index contributed by atoms with van der Waals surface area (Å²) < 4.78 is 6.82. The largest absolute Gasteiger partial charge is 0.494 e. The fraction of sp³-hybridized carbons (Fsp3) is 0.500. The van der Waals surface area contributed by atoms with Crippen LogP contribution in [0.4, 0.5) is 0 Å². The first kappa shape index (κ1) is 14.6. The molecule has 4 nitrogen and oxygen atoms in total. The van der Waals surface area contributed by atoms with Crippen LogP contribution in [0.25, 0.3) is 0 Å². The third kappa shape index (κ3) is 4.35. The van der Waals surface area contributed by atoms with E-state index in [0.29, 0.717) is 6.61 Å². The Morgan fingerprint density at radius 2 is 2.37 bits per heavy atom. The quantitative estimate of drug-likeness (QED) is 0.614. The van der Waals surface area contributed by atoms with Gasteiger partial charge in [0.25, 0.3) is 0 Å². The van der Waals surface area contributed by atoms with Crippen molar-refractivity contribution in [3.63, 3.8) is 0 Å². The van der Waals surface area contributed by atoms with Gasteiger partial charge in [0.05, 0.1) is 6.61 Å². The number of carboxylic acids is 1. The van der Waals surface area contributed by atoms with Gasteiger partial charge in [0.15, 0.2) is 0 Å². The number of hydrogen-bond donors (Lipinski definition) is 1. The molecular formula is C14H18INO3. The maximum Gasteiger partial charge on any atom is 0.320 e. The van der Waals surface area contributed by atoms with Crippen LogP contribution in [0, 0.1) is 3.57 Å². The van der Waals surface area contributed by atoms with Crippen molar-refractivity contribution in [2.45, 2.75) is 25.3 Å². The number of rotatable bonds is 6. The Bertz CT molecular complexity index is 438. The van der Waals surface area contributed by atoms with Crippen molar-refractivity contribution in [2.75, 3.05) is 19.7 Å². The summed E-state index contributed by atoms with van der Waals surface area (Å²) in [6.07, 6.45) is 2.61. The highest BCUT2D eigenvalue weighted by molar-refractivity contribution is 14.1. The highest BCUT2D eigenvalue weighted by atomic mass is 127. The number of hydrogen-bond acceptors (Lipinski definition) is 3. The number of carbonyl (C=O) groups is 1. The van der Waals surface area contributed by atoms with Gasteiger partial charge in [-0.1, -0.05) is 6.07 Å². The standard InChI is InChI=1S/C14H18INO3/c15-11-4-1-5-12(10-11)19-9-3-8-16-7-2-6-13(16)14(17)18/h1,4-5,10,13H,2-3,6-9H2,(H,17,18)/t13-/m1/s1. The van der Waals surface area contributed by atoms with E-state index in [0.717, 1.165) is 41.7 Å². The molecular weight excluding hydrogens is 357 g/mol. The fourth-order valence-electron chi connectivity index (χ4n) is 2.39. The van der Waals surface area contributed by atoms with Crippen LogP contribution in [0.5, 0.6) is 5.75 Å². The summed E-state index contributed by atoms with van der Waals surface area (Å²) in [5.41, 5.74) is 0. The second kappa shape index (κ2) is 7.09. The lowest BCUT2D eigenvalue weighted by atomic mass is 10.2. The molecule has 1 aliphatic heterocycles. The average molecular weight is 375 g/mol. The first-order valence-electron chi connectivity index (χ1n) is 6.52. The maximum atomic E-state index is 11.0. The van der Waals surface area contributed by atoms with Gasteiger partial charge < -0.3 is 9.84 Å². The number of halogens is 1.